The van der Waals surface area contributed by atoms with Crippen LogP contribution in [0.15, 0.2) is 60.7 Å². The van der Waals surface area contributed by atoms with Gasteiger partial charge in [0, 0.05) is 54.6 Å². The maximum atomic E-state index is 13.6. The summed E-state index contributed by atoms with van der Waals surface area (Å²) in [6, 6.07) is 22.0. The Hall–Kier alpha value is -4.36. The summed E-state index contributed by atoms with van der Waals surface area (Å²) < 4.78 is 10.5. The summed E-state index contributed by atoms with van der Waals surface area (Å²) in [5.41, 5.74) is 16.2. The van der Waals surface area contributed by atoms with Crippen molar-refractivity contribution in [2.24, 2.45) is 24.1 Å². The molecule has 7 heteroatoms. The minimum Gasteiger partial charge on any atom is -0.494 e. The highest BCUT2D eigenvalue weighted by atomic mass is 16.5. The second-order valence-electron chi connectivity index (χ2n) is 13.5. The lowest BCUT2D eigenvalue weighted by molar-refractivity contribution is -0.117. The Bertz CT molecular complexity index is 2040. The Kier molecular flexibility index (Phi) is 5.52. The smallest absolute Gasteiger partial charge is 0.254 e. The molecule has 3 heterocycles. The van der Waals surface area contributed by atoms with E-state index in [1.807, 2.05) is 17.0 Å². The van der Waals surface area contributed by atoms with Crippen LogP contribution in [0.5, 0.6) is 5.75 Å². The van der Waals surface area contributed by atoms with Gasteiger partial charge in [-0.1, -0.05) is 36.4 Å². The maximum absolute atomic E-state index is 13.6. The quantitative estimate of drug-likeness (QED) is 0.245. The van der Waals surface area contributed by atoms with E-state index < -0.39 is 0 Å². The van der Waals surface area contributed by atoms with Gasteiger partial charge in [-0.2, -0.15) is 0 Å². The fourth-order valence-corrected chi connectivity index (χ4v) is 8.07. The van der Waals surface area contributed by atoms with Crippen LogP contribution in [0.25, 0.3) is 45.1 Å². The van der Waals surface area contributed by atoms with E-state index in [0.29, 0.717) is 23.8 Å². The van der Waals surface area contributed by atoms with Gasteiger partial charge in [0.25, 0.3) is 5.91 Å². The van der Waals surface area contributed by atoms with Crippen molar-refractivity contribution in [1.29, 1.82) is 0 Å². The standard InChI is InChI=1S/C37H37N5O2/c1-40-34-29(16-28(18-32(34)44-2)36(43)42-21-37(20-38)12-11-33(37)42)39-35(40)31-17-27-15-25(9-10-30(27)41(31)19-22-7-8-22)26-13-23-5-3-4-6-24(23)14-26/h3-6,9-10,13,15-18,22,33H,7-8,11-12,14,19-21,38H2,1-2H3/t33?,37-/m0/s1. The van der Waals surface area contributed by atoms with Gasteiger partial charge in [0.05, 0.1) is 18.3 Å². The molecule has 7 nitrogen and oxygen atoms in total. The van der Waals surface area contributed by atoms with Crippen LogP contribution in [0.4, 0.5) is 0 Å². The molecule has 3 aromatic carbocycles. The Morgan fingerprint density at radius 2 is 1.95 bits per heavy atom. The molecule has 1 saturated heterocycles. The van der Waals surface area contributed by atoms with Gasteiger partial charge in [-0.05, 0) is 90.6 Å². The molecule has 1 unspecified atom stereocenters. The number of carbonyl (C=O) groups is 1. The zero-order chi connectivity index (χ0) is 29.7. The number of nitrogens with two attached hydrogens (primary N) is 1. The molecule has 2 aromatic heterocycles. The van der Waals surface area contributed by atoms with Crippen LogP contribution >= 0.6 is 0 Å². The van der Waals surface area contributed by atoms with E-state index >= 15 is 0 Å². The lowest BCUT2D eigenvalue weighted by Gasteiger charge is -2.64. The van der Waals surface area contributed by atoms with Gasteiger partial charge in [0.2, 0.25) is 0 Å². The van der Waals surface area contributed by atoms with Gasteiger partial charge in [-0.25, -0.2) is 4.98 Å². The summed E-state index contributed by atoms with van der Waals surface area (Å²) in [6.45, 7) is 2.37. The van der Waals surface area contributed by atoms with Crippen molar-refractivity contribution in [2.75, 3.05) is 20.2 Å². The predicted molar refractivity (Wildman–Crippen MR) is 174 cm³/mol. The Balaban J connectivity index is 1.12. The molecule has 3 aliphatic carbocycles. The van der Waals surface area contributed by atoms with E-state index in [0.717, 1.165) is 54.9 Å². The van der Waals surface area contributed by atoms with Crippen LogP contribution in [0.1, 0.15) is 52.7 Å². The summed E-state index contributed by atoms with van der Waals surface area (Å²) in [5.74, 6) is 2.31. The molecule has 2 N–H and O–H groups in total. The number of benzene rings is 3. The number of likely N-dealkylation sites (tertiary alicyclic amines) is 1. The lowest BCUT2D eigenvalue weighted by atomic mass is 9.57. The number of allylic oxidation sites excluding steroid dienone is 1. The van der Waals surface area contributed by atoms with Crippen molar-refractivity contribution in [1.82, 2.24) is 19.0 Å². The van der Waals surface area contributed by atoms with E-state index in [-0.39, 0.29) is 17.4 Å². The molecule has 0 bridgehead atoms. The summed E-state index contributed by atoms with van der Waals surface area (Å²) in [7, 11) is 3.73. The number of nitrogens with zero attached hydrogens (tertiary/aromatic N) is 4. The van der Waals surface area contributed by atoms with Crippen molar-refractivity contribution in [3.8, 4) is 17.3 Å². The zero-order valence-corrected chi connectivity index (χ0v) is 25.3. The first-order valence-electron chi connectivity index (χ1n) is 15.9. The normalized spacial score (nSPS) is 22.0. The number of ether oxygens (including phenoxy) is 1. The van der Waals surface area contributed by atoms with E-state index in [9.17, 15) is 4.79 Å². The van der Waals surface area contributed by atoms with Crippen molar-refractivity contribution in [3.05, 3.63) is 82.9 Å². The van der Waals surface area contributed by atoms with Gasteiger partial charge in [-0.15, -0.1) is 0 Å². The summed E-state index contributed by atoms with van der Waals surface area (Å²) in [6.07, 6.45) is 7.99. The largest absolute Gasteiger partial charge is 0.494 e. The minimum absolute atomic E-state index is 0.0462. The van der Waals surface area contributed by atoms with E-state index in [1.165, 1.54) is 46.0 Å². The first-order valence-corrected chi connectivity index (χ1v) is 15.9. The molecular formula is C37H37N5O2. The predicted octanol–water partition coefficient (Wildman–Crippen LogP) is 6.27. The third-order valence-electron chi connectivity index (χ3n) is 11.0. The molecule has 2 saturated carbocycles. The number of carbonyl (C=O) groups excluding carboxylic acids is 1. The number of rotatable bonds is 7. The number of aromatic nitrogens is 3. The Labute approximate surface area is 256 Å². The van der Waals surface area contributed by atoms with Crippen molar-refractivity contribution in [2.45, 2.75) is 44.7 Å². The average molecular weight is 584 g/mol. The third kappa shape index (κ3) is 3.71. The summed E-state index contributed by atoms with van der Waals surface area (Å²) in [5, 5.41) is 1.23. The van der Waals surface area contributed by atoms with Crippen LogP contribution in [0.2, 0.25) is 0 Å². The highest BCUT2D eigenvalue weighted by molar-refractivity contribution is 6.01. The molecule has 3 fully saturated rings. The molecule has 4 aliphatic rings. The minimum atomic E-state index is 0.0462. The second-order valence-corrected chi connectivity index (χ2v) is 13.5. The molecule has 44 heavy (non-hydrogen) atoms. The number of amides is 1. The van der Waals surface area contributed by atoms with Gasteiger partial charge in [0.1, 0.15) is 11.3 Å². The molecule has 0 spiro atoms. The molecule has 2 atom stereocenters. The summed E-state index contributed by atoms with van der Waals surface area (Å²) in [4.78, 5) is 20.8. The van der Waals surface area contributed by atoms with Gasteiger partial charge in [-0.3, -0.25) is 4.79 Å². The van der Waals surface area contributed by atoms with Crippen molar-refractivity contribution >= 4 is 39.5 Å². The first kappa shape index (κ1) is 26.1. The van der Waals surface area contributed by atoms with E-state index in [1.54, 1.807) is 7.11 Å². The number of aryl methyl sites for hydroxylation is 1. The average Bonchev–Trinajstić information content (AvgIpc) is 3.49. The monoisotopic (exact) mass is 583 g/mol. The molecule has 9 rings (SSSR count). The Morgan fingerprint density at radius 3 is 2.68 bits per heavy atom. The van der Waals surface area contributed by atoms with Gasteiger partial charge >= 0.3 is 0 Å². The number of hydrogen-bond acceptors (Lipinski definition) is 4. The number of methoxy groups -OCH3 is 1. The zero-order valence-electron chi connectivity index (χ0n) is 25.3. The number of fused-ring (bicyclic) bond motifs is 4. The Morgan fingerprint density at radius 1 is 1.09 bits per heavy atom. The van der Waals surface area contributed by atoms with Crippen LogP contribution in [-0.2, 0) is 20.0 Å². The van der Waals surface area contributed by atoms with Crippen LogP contribution in [0.3, 0.4) is 0 Å². The number of imidazole rings is 1. The molecule has 0 radical (unpaired) electrons. The molecule has 1 amide bonds. The molecule has 1 aliphatic heterocycles. The molecular weight excluding hydrogens is 546 g/mol. The maximum Gasteiger partial charge on any atom is 0.254 e. The number of piperidine rings is 1. The van der Waals surface area contributed by atoms with Crippen molar-refractivity contribution in [3.63, 3.8) is 0 Å². The summed E-state index contributed by atoms with van der Waals surface area (Å²) >= 11 is 0. The fraction of sp³-hybridized carbons (Fsp3) is 0.351. The van der Waals surface area contributed by atoms with Gasteiger partial charge < -0.3 is 24.5 Å². The van der Waals surface area contributed by atoms with Crippen LogP contribution in [-0.4, -0.2) is 51.2 Å². The lowest BCUT2D eigenvalue weighted by Crippen LogP contribution is -2.74. The first-order chi connectivity index (χ1) is 21.5. The fourth-order valence-electron chi connectivity index (χ4n) is 8.07. The SMILES string of the molecule is COc1cc(C(=O)N2C[C@@]3(CN)CCC23)cc2nc(-c3cc4cc(C5=Cc6ccccc6C5)ccc4n3CC3CC3)n(C)c12. The van der Waals surface area contributed by atoms with Crippen molar-refractivity contribution < 1.29 is 9.53 Å². The van der Waals surface area contributed by atoms with E-state index in [4.69, 9.17) is 15.5 Å². The topological polar surface area (TPSA) is 78.3 Å². The van der Waals surface area contributed by atoms with Crippen LogP contribution < -0.4 is 10.5 Å². The molecule has 5 aromatic rings. The van der Waals surface area contributed by atoms with E-state index in [2.05, 4.69) is 70.8 Å². The highest BCUT2D eigenvalue weighted by Crippen LogP contribution is 2.53. The molecule has 222 valence electrons. The third-order valence-corrected chi connectivity index (χ3v) is 11.0. The van der Waals surface area contributed by atoms with Gasteiger partial charge in [0.15, 0.2) is 5.82 Å². The second kappa shape index (κ2) is 9.32. The highest BCUT2D eigenvalue weighted by Gasteiger charge is 2.59. The number of hydrogen-bond donors (Lipinski definition) is 1. The van der Waals surface area contributed by atoms with Crippen LogP contribution in [0, 0.1) is 11.3 Å².